The zero-order valence-electron chi connectivity index (χ0n) is 15.0. The van der Waals surface area contributed by atoms with Crippen LogP contribution in [0.1, 0.15) is 50.5 Å². The van der Waals surface area contributed by atoms with Crippen molar-refractivity contribution in [1.82, 2.24) is 10.2 Å². The monoisotopic (exact) mass is 360 g/mol. The van der Waals surface area contributed by atoms with Gasteiger partial charge in [-0.2, -0.15) is 0 Å². The Morgan fingerprint density at radius 2 is 2.04 bits per heavy atom. The van der Waals surface area contributed by atoms with Crippen molar-refractivity contribution in [2.24, 2.45) is 5.92 Å². The van der Waals surface area contributed by atoms with Crippen LogP contribution in [0.2, 0.25) is 5.02 Å². The summed E-state index contributed by atoms with van der Waals surface area (Å²) in [6.07, 6.45) is 10.5. The molecule has 1 aromatic rings. The van der Waals surface area contributed by atoms with Crippen molar-refractivity contribution in [3.05, 3.63) is 46.5 Å². The second-order valence-electron chi connectivity index (χ2n) is 7.35. The summed E-state index contributed by atoms with van der Waals surface area (Å²) in [6, 6.07) is 8.02. The predicted molar refractivity (Wildman–Crippen MR) is 104 cm³/mol. The minimum atomic E-state index is 0.126. The first-order chi connectivity index (χ1) is 12.2. The number of amides is 1. The van der Waals surface area contributed by atoms with Gasteiger partial charge in [-0.15, -0.1) is 0 Å². The zero-order chi connectivity index (χ0) is 17.5. The molecule has 1 aliphatic heterocycles. The molecule has 1 N–H and O–H groups in total. The van der Waals surface area contributed by atoms with Crippen molar-refractivity contribution in [3.63, 3.8) is 0 Å². The van der Waals surface area contributed by atoms with Gasteiger partial charge in [0, 0.05) is 24.7 Å². The Labute approximate surface area is 156 Å². The Morgan fingerprint density at radius 3 is 2.80 bits per heavy atom. The van der Waals surface area contributed by atoms with Crippen LogP contribution in [0.3, 0.4) is 0 Å². The van der Waals surface area contributed by atoms with E-state index >= 15 is 0 Å². The Bertz CT molecular complexity index is 596. The smallest absolute Gasteiger partial charge is 0.224 e. The molecular weight excluding hydrogens is 332 g/mol. The van der Waals surface area contributed by atoms with E-state index in [0.717, 1.165) is 50.5 Å². The number of allylic oxidation sites excluding steroid dienone is 1. The molecule has 3 nitrogen and oxygen atoms in total. The molecule has 1 atom stereocenters. The van der Waals surface area contributed by atoms with E-state index in [1.54, 1.807) is 0 Å². The van der Waals surface area contributed by atoms with E-state index < -0.39 is 0 Å². The summed E-state index contributed by atoms with van der Waals surface area (Å²) in [6.45, 7) is 3.61. The third-order valence-corrected chi connectivity index (χ3v) is 5.58. The quantitative estimate of drug-likeness (QED) is 0.754. The van der Waals surface area contributed by atoms with E-state index in [0.29, 0.717) is 0 Å². The van der Waals surface area contributed by atoms with Crippen molar-refractivity contribution >= 4 is 17.5 Å². The van der Waals surface area contributed by atoms with Gasteiger partial charge in [-0.1, -0.05) is 35.4 Å². The number of benzene rings is 1. The Hall–Kier alpha value is -1.32. The molecule has 1 fully saturated rings. The van der Waals surface area contributed by atoms with Gasteiger partial charge in [0.05, 0.1) is 5.92 Å². The first kappa shape index (κ1) is 18.5. The van der Waals surface area contributed by atoms with Gasteiger partial charge in [-0.05, 0) is 69.2 Å². The van der Waals surface area contributed by atoms with Crippen molar-refractivity contribution in [3.8, 4) is 0 Å². The number of hydrogen-bond acceptors (Lipinski definition) is 2. The van der Waals surface area contributed by atoms with Crippen molar-refractivity contribution in [2.45, 2.75) is 51.5 Å². The molecule has 0 bridgehead atoms. The summed E-state index contributed by atoms with van der Waals surface area (Å²) in [5.41, 5.74) is 2.79. The highest BCUT2D eigenvalue weighted by Gasteiger charge is 2.25. The van der Waals surface area contributed by atoms with E-state index in [4.69, 9.17) is 11.6 Å². The minimum Gasteiger partial charge on any atom is -0.356 e. The highest BCUT2D eigenvalue weighted by atomic mass is 35.5. The van der Waals surface area contributed by atoms with Crippen LogP contribution in [0.5, 0.6) is 0 Å². The van der Waals surface area contributed by atoms with Crippen LogP contribution in [0.4, 0.5) is 0 Å². The first-order valence-electron chi connectivity index (χ1n) is 9.63. The van der Waals surface area contributed by atoms with E-state index in [1.807, 2.05) is 12.1 Å². The molecule has 4 heteroatoms. The Morgan fingerprint density at radius 1 is 1.20 bits per heavy atom. The molecule has 0 aromatic heterocycles. The SMILES string of the molecule is O=C(NCCC1=CCCCC1)[C@@H]1CCCN(Cc2ccc(Cl)cc2)C1. The number of halogens is 1. The maximum absolute atomic E-state index is 12.5. The van der Waals surface area contributed by atoms with E-state index in [1.165, 1.54) is 36.8 Å². The van der Waals surface area contributed by atoms with Gasteiger partial charge >= 0.3 is 0 Å². The molecule has 0 unspecified atom stereocenters. The Kier molecular flexibility index (Phi) is 6.94. The summed E-state index contributed by atoms with van der Waals surface area (Å²) in [4.78, 5) is 14.9. The maximum atomic E-state index is 12.5. The van der Waals surface area contributed by atoms with Gasteiger partial charge in [0.25, 0.3) is 0 Å². The van der Waals surface area contributed by atoms with E-state index in [-0.39, 0.29) is 11.8 Å². The molecule has 1 aromatic carbocycles. The lowest BCUT2D eigenvalue weighted by Crippen LogP contribution is -2.42. The highest BCUT2D eigenvalue weighted by Crippen LogP contribution is 2.21. The lowest BCUT2D eigenvalue weighted by atomic mass is 9.95. The number of nitrogens with zero attached hydrogens (tertiary/aromatic N) is 1. The van der Waals surface area contributed by atoms with E-state index in [9.17, 15) is 4.79 Å². The summed E-state index contributed by atoms with van der Waals surface area (Å²) < 4.78 is 0. The largest absolute Gasteiger partial charge is 0.356 e. The molecule has 1 amide bonds. The molecule has 1 aliphatic carbocycles. The number of nitrogens with one attached hydrogen (secondary N) is 1. The second kappa shape index (κ2) is 9.40. The molecule has 0 saturated carbocycles. The lowest BCUT2D eigenvalue weighted by molar-refractivity contribution is -0.126. The van der Waals surface area contributed by atoms with Crippen LogP contribution in [0.25, 0.3) is 0 Å². The standard InChI is InChI=1S/C21H29ClN2O/c22-20-10-8-18(9-11-20)15-24-14-4-7-19(16-24)21(25)23-13-12-17-5-2-1-3-6-17/h5,8-11,19H,1-4,6-7,12-16H2,(H,23,25)/t19-/m1/s1. The zero-order valence-corrected chi connectivity index (χ0v) is 15.7. The summed E-state index contributed by atoms with van der Waals surface area (Å²) in [5.74, 6) is 0.360. The average Bonchev–Trinajstić information content (AvgIpc) is 2.65. The number of hydrogen-bond donors (Lipinski definition) is 1. The van der Waals surface area contributed by atoms with Gasteiger partial charge in [0.1, 0.15) is 0 Å². The van der Waals surface area contributed by atoms with Crippen LogP contribution in [-0.4, -0.2) is 30.4 Å². The van der Waals surface area contributed by atoms with Gasteiger partial charge < -0.3 is 5.32 Å². The fourth-order valence-corrected chi connectivity index (χ4v) is 4.01. The van der Waals surface area contributed by atoms with Gasteiger partial charge in [-0.25, -0.2) is 0 Å². The van der Waals surface area contributed by atoms with Crippen molar-refractivity contribution < 1.29 is 4.79 Å². The summed E-state index contributed by atoms with van der Waals surface area (Å²) >= 11 is 5.95. The fourth-order valence-electron chi connectivity index (χ4n) is 3.88. The number of rotatable bonds is 6. The van der Waals surface area contributed by atoms with Crippen LogP contribution >= 0.6 is 11.6 Å². The summed E-state index contributed by atoms with van der Waals surface area (Å²) in [5, 5.41) is 3.94. The van der Waals surface area contributed by atoms with Crippen LogP contribution in [0, 0.1) is 5.92 Å². The summed E-state index contributed by atoms with van der Waals surface area (Å²) in [7, 11) is 0. The van der Waals surface area contributed by atoms with E-state index in [2.05, 4.69) is 28.4 Å². The molecule has 0 radical (unpaired) electrons. The molecule has 25 heavy (non-hydrogen) atoms. The molecule has 2 aliphatic rings. The number of piperidine rings is 1. The topological polar surface area (TPSA) is 32.3 Å². The first-order valence-corrected chi connectivity index (χ1v) is 10.0. The average molecular weight is 361 g/mol. The molecule has 136 valence electrons. The maximum Gasteiger partial charge on any atom is 0.224 e. The van der Waals surface area contributed by atoms with Gasteiger partial charge in [0.15, 0.2) is 0 Å². The molecule has 3 rings (SSSR count). The Balaban J connectivity index is 1.43. The third kappa shape index (κ3) is 5.86. The third-order valence-electron chi connectivity index (χ3n) is 5.33. The molecule has 1 heterocycles. The predicted octanol–water partition coefficient (Wildman–Crippen LogP) is 4.56. The fraction of sp³-hybridized carbons (Fsp3) is 0.571. The normalized spacial score (nSPS) is 21.6. The minimum absolute atomic E-state index is 0.126. The number of carbonyl (C=O) groups excluding carboxylic acids is 1. The highest BCUT2D eigenvalue weighted by molar-refractivity contribution is 6.30. The van der Waals surface area contributed by atoms with Crippen molar-refractivity contribution in [1.29, 1.82) is 0 Å². The second-order valence-corrected chi connectivity index (χ2v) is 7.79. The lowest BCUT2D eigenvalue weighted by Gasteiger charge is -2.32. The number of carbonyl (C=O) groups is 1. The van der Waals surface area contributed by atoms with Crippen molar-refractivity contribution in [2.75, 3.05) is 19.6 Å². The molecule has 0 spiro atoms. The molecular formula is C21H29ClN2O. The molecule has 1 saturated heterocycles. The number of likely N-dealkylation sites (tertiary alicyclic amines) is 1. The van der Waals surface area contributed by atoms with Gasteiger partial charge in [-0.3, -0.25) is 9.69 Å². The van der Waals surface area contributed by atoms with Crippen LogP contribution < -0.4 is 5.32 Å². The van der Waals surface area contributed by atoms with Gasteiger partial charge in [0.2, 0.25) is 5.91 Å². The van der Waals surface area contributed by atoms with Crippen LogP contribution in [0.15, 0.2) is 35.9 Å². The van der Waals surface area contributed by atoms with Crippen LogP contribution in [-0.2, 0) is 11.3 Å².